The Morgan fingerprint density at radius 2 is 1.82 bits per heavy atom. The van der Waals surface area contributed by atoms with Crippen molar-refractivity contribution in [3.63, 3.8) is 0 Å². The molecular formula is C19H26N6O3. The van der Waals surface area contributed by atoms with Gasteiger partial charge in [0, 0.05) is 52.4 Å². The highest BCUT2D eigenvalue weighted by atomic mass is 16.2. The van der Waals surface area contributed by atoms with Crippen LogP contribution in [0.5, 0.6) is 0 Å². The van der Waals surface area contributed by atoms with E-state index in [0.29, 0.717) is 26.2 Å². The van der Waals surface area contributed by atoms with E-state index in [4.69, 9.17) is 0 Å². The number of piperazine rings is 3. The number of urea groups is 1. The predicted molar refractivity (Wildman–Crippen MR) is 105 cm³/mol. The summed E-state index contributed by atoms with van der Waals surface area (Å²) in [4.78, 5) is 44.2. The molecule has 3 saturated heterocycles. The number of fused-ring (bicyclic) bond motifs is 1. The number of benzene rings is 1. The maximum Gasteiger partial charge on any atom is 0.322 e. The van der Waals surface area contributed by atoms with E-state index in [1.54, 1.807) is 9.80 Å². The van der Waals surface area contributed by atoms with Crippen molar-refractivity contribution < 1.29 is 14.4 Å². The largest absolute Gasteiger partial charge is 0.367 e. The van der Waals surface area contributed by atoms with Crippen molar-refractivity contribution in [3.8, 4) is 0 Å². The Morgan fingerprint density at radius 3 is 2.61 bits per heavy atom. The molecule has 0 saturated carbocycles. The van der Waals surface area contributed by atoms with Gasteiger partial charge in [-0.05, 0) is 19.2 Å². The third-order valence-corrected chi connectivity index (χ3v) is 5.71. The first-order valence-electron chi connectivity index (χ1n) is 9.70. The van der Waals surface area contributed by atoms with Crippen molar-refractivity contribution in [2.24, 2.45) is 0 Å². The lowest BCUT2D eigenvalue weighted by molar-refractivity contribution is -0.152. The maximum atomic E-state index is 12.9. The summed E-state index contributed by atoms with van der Waals surface area (Å²) in [7, 11) is 2.11. The van der Waals surface area contributed by atoms with Gasteiger partial charge in [-0.15, -0.1) is 0 Å². The molecule has 3 aliphatic rings. The molecule has 0 aromatic heterocycles. The number of para-hydroxylation sites is 2. The van der Waals surface area contributed by atoms with Gasteiger partial charge >= 0.3 is 17.8 Å². The van der Waals surface area contributed by atoms with Crippen molar-refractivity contribution >= 4 is 29.2 Å². The normalized spacial score (nSPS) is 23.3. The molecule has 0 aliphatic carbocycles. The van der Waals surface area contributed by atoms with Crippen LogP contribution in [-0.2, 0) is 9.59 Å². The molecule has 4 amide bonds. The molecule has 0 spiro atoms. The van der Waals surface area contributed by atoms with E-state index >= 15 is 0 Å². The van der Waals surface area contributed by atoms with Crippen LogP contribution in [0.15, 0.2) is 24.3 Å². The Labute approximate surface area is 164 Å². The number of carbonyl (C=O) groups is 3. The molecule has 3 aliphatic heterocycles. The number of hydrogen-bond donors (Lipinski definition) is 2. The standard InChI is InChI=1S/C19H26N6O3/c1-22-6-8-23(9-7-22)16-5-3-2-4-15(16)21-19(28)24-10-11-25-14(13-24)12-20-17(26)18(25)27/h2-5,14H,6-13H2,1H3,(H,20,26)(H,21,28). The molecule has 150 valence electrons. The zero-order valence-electron chi connectivity index (χ0n) is 16.1. The van der Waals surface area contributed by atoms with Crippen molar-refractivity contribution in [3.05, 3.63) is 24.3 Å². The van der Waals surface area contributed by atoms with E-state index in [1.165, 1.54) is 0 Å². The summed E-state index contributed by atoms with van der Waals surface area (Å²) in [6.07, 6.45) is 0. The van der Waals surface area contributed by atoms with Crippen LogP contribution in [0.1, 0.15) is 0 Å². The van der Waals surface area contributed by atoms with Crippen molar-refractivity contribution in [1.29, 1.82) is 0 Å². The number of hydrogen-bond acceptors (Lipinski definition) is 5. The smallest absolute Gasteiger partial charge is 0.322 e. The van der Waals surface area contributed by atoms with Crippen LogP contribution in [0, 0.1) is 0 Å². The van der Waals surface area contributed by atoms with E-state index in [0.717, 1.165) is 37.6 Å². The minimum atomic E-state index is -0.560. The van der Waals surface area contributed by atoms with E-state index in [1.807, 2.05) is 24.3 Å². The summed E-state index contributed by atoms with van der Waals surface area (Å²) in [6.45, 7) is 5.42. The van der Waals surface area contributed by atoms with E-state index in [9.17, 15) is 14.4 Å². The molecule has 1 unspecified atom stereocenters. The van der Waals surface area contributed by atoms with Crippen LogP contribution in [0.4, 0.5) is 16.2 Å². The molecule has 3 fully saturated rings. The average Bonchev–Trinajstić information content (AvgIpc) is 2.71. The molecule has 0 bridgehead atoms. The molecule has 1 atom stereocenters. The minimum absolute atomic E-state index is 0.169. The summed E-state index contributed by atoms with van der Waals surface area (Å²) >= 11 is 0. The lowest BCUT2D eigenvalue weighted by atomic mass is 10.1. The Morgan fingerprint density at radius 1 is 1.07 bits per heavy atom. The topological polar surface area (TPSA) is 88.2 Å². The summed E-state index contributed by atoms with van der Waals surface area (Å²) in [5.41, 5.74) is 1.83. The summed E-state index contributed by atoms with van der Waals surface area (Å²) in [5, 5.41) is 5.64. The lowest BCUT2D eigenvalue weighted by Gasteiger charge is -2.43. The lowest BCUT2D eigenvalue weighted by Crippen LogP contribution is -2.66. The average molecular weight is 386 g/mol. The number of rotatable bonds is 2. The molecule has 3 heterocycles. The quantitative estimate of drug-likeness (QED) is 0.676. The van der Waals surface area contributed by atoms with Gasteiger partial charge in [-0.3, -0.25) is 9.59 Å². The summed E-state index contributed by atoms with van der Waals surface area (Å²) in [5.74, 6) is -1.06. The molecule has 0 radical (unpaired) electrons. The van der Waals surface area contributed by atoms with Crippen LogP contribution in [0.25, 0.3) is 0 Å². The highest BCUT2D eigenvalue weighted by Crippen LogP contribution is 2.27. The number of likely N-dealkylation sites (N-methyl/N-ethyl adjacent to an activating group) is 1. The molecule has 28 heavy (non-hydrogen) atoms. The number of nitrogens with zero attached hydrogens (tertiary/aromatic N) is 4. The molecular weight excluding hydrogens is 360 g/mol. The first kappa shape index (κ1) is 18.5. The van der Waals surface area contributed by atoms with Crippen LogP contribution < -0.4 is 15.5 Å². The Hall–Kier alpha value is -2.81. The molecule has 4 rings (SSSR count). The Balaban J connectivity index is 1.42. The third-order valence-electron chi connectivity index (χ3n) is 5.71. The molecule has 1 aromatic rings. The molecule has 2 N–H and O–H groups in total. The second-order valence-electron chi connectivity index (χ2n) is 7.55. The first-order valence-corrected chi connectivity index (χ1v) is 9.70. The Kier molecular flexibility index (Phi) is 5.08. The van der Waals surface area contributed by atoms with Gasteiger partial charge in [0.25, 0.3) is 0 Å². The number of carbonyl (C=O) groups excluding carboxylic acids is 3. The summed E-state index contributed by atoms with van der Waals surface area (Å²) < 4.78 is 0. The highest BCUT2D eigenvalue weighted by molar-refractivity contribution is 6.35. The molecule has 1 aromatic carbocycles. The number of anilines is 2. The van der Waals surface area contributed by atoms with Crippen LogP contribution >= 0.6 is 0 Å². The Bertz CT molecular complexity index is 777. The molecule has 9 nitrogen and oxygen atoms in total. The first-order chi connectivity index (χ1) is 13.5. The van der Waals surface area contributed by atoms with Crippen LogP contribution in [0.3, 0.4) is 0 Å². The fraction of sp³-hybridized carbons (Fsp3) is 0.526. The van der Waals surface area contributed by atoms with Crippen molar-refractivity contribution in [2.75, 3.05) is 69.6 Å². The fourth-order valence-corrected chi connectivity index (χ4v) is 4.00. The second kappa shape index (κ2) is 7.67. The van der Waals surface area contributed by atoms with Gasteiger partial charge in [0.15, 0.2) is 0 Å². The third kappa shape index (κ3) is 3.62. The van der Waals surface area contributed by atoms with Crippen LogP contribution in [0.2, 0.25) is 0 Å². The zero-order chi connectivity index (χ0) is 19.7. The van der Waals surface area contributed by atoms with E-state index in [2.05, 4.69) is 27.5 Å². The van der Waals surface area contributed by atoms with Gasteiger partial charge in [-0.1, -0.05) is 12.1 Å². The summed E-state index contributed by atoms with van der Waals surface area (Å²) in [6, 6.07) is 7.52. The van der Waals surface area contributed by atoms with Gasteiger partial charge in [0.2, 0.25) is 0 Å². The van der Waals surface area contributed by atoms with Gasteiger partial charge in [0.1, 0.15) is 0 Å². The van der Waals surface area contributed by atoms with E-state index < -0.39 is 11.8 Å². The predicted octanol–water partition coefficient (Wildman–Crippen LogP) is -0.387. The number of amides is 4. The van der Waals surface area contributed by atoms with Gasteiger partial charge in [-0.25, -0.2) is 4.79 Å². The molecule has 9 heteroatoms. The van der Waals surface area contributed by atoms with Crippen molar-refractivity contribution in [1.82, 2.24) is 20.0 Å². The minimum Gasteiger partial charge on any atom is -0.367 e. The maximum absolute atomic E-state index is 12.9. The fourth-order valence-electron chi connectivity index (χ4n) is 4.00. The monoisotopic (exact) mass is 386 g/mol. The van der Waals surface area contributed by atoms with Gasteiger partial charge in [0.05, 0.1) is 17.4 Å². The van der Waals surface area contributed by atoms with Gasteiger partial charge < -0.3 is 30.2 Å². The van der Waals surface area contributed by atoms with E-state index in [-0.39, 0.29) is 12.1 Å². The SMILES string of the molecule is CN1CCN(c2ccccc2NC(=O)N2CCN3C(=O)C(=O)NCC3C2)CC1. The van der Waals surface area contributed by atoms with Crippen molar-refractivity contribution in [2.45, 2.75) is 6.04 Å². The van der Waals surface area contributed by atoms with Gasteiger partial charge in [-0.2, -0.15) is 0 Å². The zero-order valence-corrected chi connectivity index (χ0v) is 16.1. The number of nitrogens with one attached hydrogen (secondary N) is 2. The highest BCUT2D eigenvalue weighted by Gasteiger charge is 2.38. The second-order valence-corrected chi connectivity index (χ2v) is 7.55. The van der Waals surface area contributed by atoms with Crippen LogP contribution in [-0.4, -0.2) is 98.0 Å².